The first-order valence-electron chi connectivity index (χ1n) is 6.98. The van der Waals surface area contributed by atoms with Crippen LogP contribution in [-0.2, 0) is 0 Å². The summed E-state index contributed by atoms with van der Waals surface area (Å²) in [7, 11) is 0. The van der Waals surface area contributed by atoms with Gasteiger partial charge in [0.2, 0.25) is 0 Å². The largest absolute Gasteiger partial charge is 0.350 e. The van der Waals surface area contributed by atoms with Gasteiger partial charge in [-0.1, -0.05) is 0 Å². The van der Waals surface area contributed by atoms with Crippen molar-refractivity contribution in [2.24, 2.45) is 0 Å². The van der Waals surface area contributed by atoms with E-state index in [1.807, 2.05) is 0 Å². The van der Waals surface area contributed by atoms with Gasteiger partial charge in [-0.3, -0.25) is 9.59 Å². The molecule has 1 aliphatic rings. The maximum atomic E-state index is 13.7. The first-order chi connectivity index (χ1) is 11.0. The second kappa shape index (κ2) is 6.37. The van der Waals surface area contributed by atoms with E-state index < -0.39 is 30.8 Å². The second-order valence-electron chi connectivity index (χ2n) is 5.38. The topological polar surface area (TPSA) is 49.4 Å². The molecule has 1 atom stereocenters. The summed E-state index contributed by atoms with van der Waals surface area (Å²) in [6.45, 7) is -0.596. The van der Waals surface area contributed by atoms with Gasteiger partial charge >= 0.3 is 0 Å². The molecule has 0 spiro atoms. The Hall–Kier alpha value is -1.80. The van der Waals surface area contributed by atoms with Crippen molar-refractivity contribution in [3.8, 4) is 0 Å². The van der Waals surface area contributed by atoms with E-state index in [4.69, 9.17) is 0 Å². The number of alkyl halides is 2. The average molecular weight is 356 g/mol. The Bertz CT molecular complexity index is 686. The van der Waals surface area contributed by atoms with Crippen molar-refractivity contribution in [3.63, 3.8) is 0 Å². The fourth-order valence-corrected chi connectivity index (χ4v) is 3.84. The van der Waals surface area contributed by atoms with E-state index in [1.165, 1.54) is 22.7 Å². The van der Waals surface area contributed by atoms with Crippen LogP contribution < -0.4 is 5.32 Å². The highest BCUT2D eigenvalue weighted by Crippen LogP contribution is 2.33. The lowest BCUT2D eigenvalue weighted by Gasteiger charge is -2.23. The van der Waals surface area contributed by atoms with Crippen LogP contribution in [0.5, 0.6) is 0 Å². The molecular weight excluding hydrogens is 342 g/mol. The number of carbonyl (C=O) groups is 2. The molecule has 0 bridgehead atoms. The summed E-state index contributed by atoms with van der Waals surface area (Å²) in [5, 5.41) is 9.46. The molecule has 2 amide bonds. The van der Waals surface area contributed by atoms with E-state index >= 15 is 0 Å². The zero-order valence-electron chi connectivity index (χ0n) is 12.0. The van der Waals surface area contributed by atoms with Crippen LogP contribution in [0.25, 0.3) is 0 Å². The average Bonchev–Trinajstić information content (AvgIpc) is 3.24. The van der Waals surface area contributed by atoms with Gasteiger partial charge in [0.1, 0.15) is 0 Å². The molecule has 1 N–H and O–H groups in total. The number of rotatable bonds is 4. The minimum Gasteiger partial charge on any atom is -0.350 e. The Labute approximate surface area is 139 Å². The van der Waals surface area contributed by atoms with Crippen molar-refractivity contribution in [1.82, 2.24) is 10.2 Å². The summed E-state index contributed by atoms with van der Waals surface area (Å²) in [6.07, 6.45) is -0.438. The van der Waals surface area contributed by atoms with Gasteiger partial charge in [0.05, 0.1) is 18.2 Å². The zero-order chi connectivity index (χ0) is 16.4. The number of hydrogen-bond acceptors (Lipinski definition) is 4. The van der Waals surface area contributed by atoms with Gasteiger partial charge < -0.3 is 10.2 Å². The molecule has 1 fully saturated rings. The van der Waals surface area contributed by atoms with Crippen molar-refractivity contribution in [1.29, 1.82) is 0 Å². The minimum absolute atomic E-state index is 0.0140. The van der Waals surface area contributed by atoms with Gasteiger partial charge in [0.25, 0.3) is 17.7 Å². The third-order valence-corrected chi connectivity index (χ3v) is 5.05. The van der Waals surface area contributed by atoms with Crippen LogP contribution in [0.2, 0.25) is 0 Å². The first kappa shape index (κ1) is 16.1. The minimum atomic E-state index is -2.93. The first-order valence-corrected chi connectivity index (χ1v) is 8.86. The number of thiophene rings is 2. The molecule has 4 nitrogen and oxygen atoms in total. The normalized spacial score (nSPS) is 19.7. The summed E-state index contributed by atoms with van der Waals surface area (Å²) in [5.41, 5.74) is 0.900. The van der Waals surface area contributed by atoms with Gasteiger partial charge in [0.15, 0.2) is 0 Å². The summed E-state index contributed by atoms with van der Waals surface area (Å²) < 4.78 is 27.5. The molecule has 3 rings (SSSR count). The molecule has 2 aromatic heterocycles. The Balaban J connectivity index is 1.68. The quantitative estimate of drug-likeness (QED) is 0.915. The molecule has 8 heteroatoms. The lowest BCUT2D eigenvalue weighted by molar-refractivity contribution is 0.0118. The Morgan fingerprint density at radius 1 is 1.22 bits per heavy atom. The Kier molecular flexibility index (Phi) is 4.45. The van der Waals surface area contributed by atoms with Gasteiger partial charge in [-0.05, 0) is 22.9 Å². The predicted molar refractivity (Wildman–Crippen MR) is 85.4 cm³/mol. The highest BCUT2D eigenvalue weighted by molar-refractivity contribution is 7.08. The third-order valence-electron chi connectivity index (χ3n) is 3.69. The molecule has 1 aliphatic heterocycles. The van der Waals surface area contributed by atoms with Gasteiger partial charge in [-0.15, -0.1) is 0 Å². The number of nitrogens with zero attached hydrogens (tertiary/aromatic N) is 1. The maximum Gasteiger partial charge on any atom is 0.267 e. The fourth-order valence-electron chi connectivity index (χ4n) is 2.58. The van der Waals surface area contributed by atoms with E-state index in [9.17, 15) is 18.4 Å². The van der Waals surface area contributed by atoms with E-state index in [1.54, 1.807) is 33.7 Å². The lowest BCUT2D eigenvalue weighted by atomic mass is 10.1. The fraction of sp³-hybridized carbons (Fsp3) is 0.333. The summed E-state index contributed by atoms with van der Waals surface area (Å²) >= 11 is 2.73. The molecule has 0 saturated carbocycles. The number of carbonyl (C=O) groups excluding carboxylic acids is 2. The highest BCUT2D eigenvalue weighted by Gasteiger charge is 2.47. The van der Waals surface area contributed by atoms with Crippen LogP contribution in [-0.4, -0.2) is 41.8 Å². The van der Waals surface area contributed by atoms with E-state index in [2.05, 4.69) is 5.32 Å². The number of nitrogens with one attached hydrogen (secondary N) is 1. The van der Waals surface area contributed by atoms with Crippen LogP contribution in [0, 0.1) is 0 Å². The van der Waals surface area contributed by atoms with Gasteiger partial charge in [-0.25, -0.2) is 8.78 Å². The third kappa shape index (κ3) is 3.59. The van der Waals surface area contributed by atoms with Crippen LogP contribution in [0.3, 0.4) is 0 Å². The molecule has 3 heterocycles. The highest BCUT2D eigenvalue weighted by atomic mass is 32.1. The number of halogens is 2. The van der Waals surface area contributed by atoms with Crippen molar-refractivity contribution in [3.05, 3.63) is 44.8 Å². The van der Waals surface area contributed by atoms with Crippen LogP contribution in [0.15, 0.2) is 33.7 Å². The summed E-state index contributed by atoms with van der Waals surface area (Å²) in [4.78, 5) is 25.5. The Morgan fingerprint density at radius 3 is 2.48 bits per heavy atom. The molecule has 0 aliphatic carbocycles. The summed E-state index contributed by atoms with van der Waals surface area (Å²) in [6, 6.07) is 2.57. The van der Waals surface area contributed by atoms with Crippen LogP contribution >= 0.6 is 22.7 Å². The van der Waals surface area contributed by atoms with Crippen LogP contribution in [0.4, 0.5) is 8.78 Å². The van der Waals surface area contributed by atoms with E-state index in [0.29, 0.717) is 11.1 Å². The molecule has 2 aromatic rings. The summed E-state index contributed by atoms with van der Waals surface area (Å²) in [5.74, 6) is -3.66. The lowest BCUT2D eigenvalue weighted by Crippen LogP contribution is -2.43. The van der Waals surface area contributed by atoms with E-state index in [-0.39, 0.29) is 12.5 Å². The molecular formula is C15H14F2N2O2S2. The monoisotopic (exact) mass is 356 g/mol. The molecule has 0 aromatic carbocycles. The SMILES string of the molecule is O=C(NC[C@@H]1CC(F)(F)CN1C(=O)c1ccsc1)c1ccsc1. The molecule has 0 unspecified atom stereocenters. The van der Waals surface area contributed by atoms with Gasteiger partial charge in [-0.2, -0.15) is 22.7 Å². The molecule has 122 valence electrons. The van der Waals surface area contributed by atoms with Crippen molar-refractivity contribution in [2.45, 2.75) is 18.4 Å². The van der Waals surface area contributed by atoms with E-state index in [0.717, 1.165) is 4.90 Å². The standard InChI is InChI=1S/C15H14F2N2O2S2/c16-15(17)5-12(6-18-13(20)10-1-3-22-7-10)19(9-15)14(21)11-2-4-23-8-11/h1-4,7-8,12H,5-6,9H2,(H,18,20)/t12-/m0/s1. The zero-order valence-corrected chi connectivity index (χ0v) is 13.6. The smallest absolute Gasteiger partial charge is 0.267 e. The van der Waals surface area contributed by atoms with Crippen LogP contribution in [0.1, 0.15) is 27.1 Å². The van der Waals surface area contributed by atoms with Crippen molar-refractivity contribution in [2.75, 3.05) is 13.1 Å². The number of likely N-dealkylation sites (tertiary alicyclic amines) is 1. The predicted octanol–water partition coefficient (Wildman–Crippen LogP) is 3.09. The maximum absolute atomic E-state index is 13.7. The molecule has 1 saturated heterocycles. The molecule has 23 heavy (non-hydrogen) atoms. The number of hydrogen-bond donors (Lipinski definition) is 1. The van der Waals surface area contributed by atoms with Crippen molar-refractivity contribution < 1.29 is 18.4 Å². The van der Waals surface area contributed by atoms with Gasteiger partial charge in [0, 0.05) is 29.3 Å². The number of amides is 2. The van der Waals surface area contributed by atoms with Crippen molar-refractivity contribution >= 4 is 34.5 Å². The Morgan fingerprint density at radius 2 is 1.87 bits per heavy atom. The second-order valence-corrected chi connectivity index (χ2v) is 6.94. The molecule has 0 radical (unpaired) electrons.